The third kappa shape index (κ3) is 3.47. The highest BCUT2D eigenvalue weighted by atomic mass is 28.1. The second kappa shape index (κ2) is 5.59. The van der Waals surface area contributed by atoms with Gasteiger partial charge in [-0.05, 0) is 24.1 Å². The van der Waals surface area contributed by atoms with Gasteiger partial charge in [0.15, 0.2) is 0 Å². The fraction of sp³-hybridized carbons (Fsp3) is 0.273. The SMILES string of the molecule is CC/C=C\c1ccc(OC[SiH3])cc1. The van der Waals surface area contributed by atoms with Gasteiger partial charge in [-0.2, -0.15) is 0 Å². The van der Waals surface area contributed by atoms with Gasteiger partial charge in [0.2, 0.25) is 0 Å². The Kier molecular flexibility index (Phi) is 4.33. The summed E-state index contributed by atoms with van der Waals surface area (Å²) in [4.78, 5) is 0. The first-order chi connectivity index (χ1) is 6.36. The maximum absolute atomic E-state index is 5.40. The zero-order valence-corrected chi connectivity index (χ0v) is 10.3. The Labute approximate surface area is 82.9 Å². The van der Waals surface area contributed by atoms with E-state index in [1.807, 2.05) is 12.1 Å². The summed E-state index contributed by atoms with van der Waals surface area (Å²) in [6.07, 6.45) is 6.23. The van der Waals surface area contributed by atoms with Crippen molar-refractivity contribution in [2.24, 2.45) is 0 Å². The lowest BCUT2D eigenvalue weighted by Crippen LogP contribution is -1.94. The zero-order valence-electron chi connectivity index (χ0n) is 8.29. The van der Waals surface area contributed by atoms with E-state index >= 15 is 0 Å². The van der Waals surface area contributed by atoms with Crippen LogP contribution in [0.4, 0.5) is 0 Å². The molecular formula is C11H16OSi. The molecule has 1 aromatic rings. The lowest BCUT2D eigenvalue weighted by Gasteiger charge is -2.02. The maximum Gasteiger partial charge on any atom is 0.118 e. The quantitative estimate of drug-likeness (QED) is 0.661. The standard InChI is InChI=1S/C11H16OSi/c1-2-3-4-10-5-7-11(8-6-10)12-9-13/h3-8H,2,9H2,1,13H3/b4-3-. The fourth-order valence-electron chi connectivity index (χ4n) is 1.10. The first-order valence-corrected chi connectivity index (χ1v) is 6.17. The summed E-state index contributed by atoms with van der Waals surface area (Å²) >= 11 is 0. The molecule has 0 spiro atoms. The number of ether oxygens (including phenoxy) is 1. The Morgan fingerprint density at radius 2 is 2.00 bits per heavy atom. The molecule has 13 heavy (non-hydrogen) atoms. The van der Waals surface area contributed by atoms with E-state index < -0.39 is 0 Å². The van der Waals surface area contributed by atoms with Gasteiger partial charge in [-0.25, -0.2) is 0 Å². The van der Waals surface area contributed by atoms with Crippen LogP contribution in [0.3, 0.4) is 0 Å². The van der Waals surface area contributed by atoms with Gasteiger partial charge in [0.25, 0.3) is 0 Å². The molecule has 0 aliphatic rings. The van der Waals surface area contributed by atoms with E-state index in [-0.39, 0.29) is 0 Å². The summed E-state index contributed by atoms with van der Waals surface area (Å²) < 4.78 is 5.40. The van der Waals surface area contributed by atoms with Crippen molar-refractivity contribution in [1.29, 1.82) is 0 Å². The van der Waals surface area contributed by atoms with Crippen LogP contribution < -0.4 is 4.74 Å². The van der Waals surface area contributed by atoms with Gasteiger partial charge in [-0.1, -0.05) is 31.2 Å². The van der Waals surface area contributed by atoms with Gasteiger partial charge in [0.05, 0.1) is 16.5 Å². The van der Waals surface area contributed by atoms with E-state index in [1.165, 1.54) is 5.56 Å². The van der Waals surface area contributed by atoms with Gasteiger partial charge >= 0.3 is 0 Å². The smallest absolute Gasteiger partial charge is 0.118 e. The van der Waals surface area contributed by atoms with Crippen LogP contribution in [0.15, 0.2) is 30.3 Å². The van der Waals surface area contributed by atoms with Crippen LogP contribution in [-0.2, 0) is 0 Å². The molecule has 1 rings (SSSR count). The molecular weight excluding hydrogens is 176 g/mol. The third-order valence-corrected chi connectivity index (χ3v) is 2.03. The summed E-state index contributed by atoms with van der Waals surface area (Å²) in [6.45, 7) is 2.13. The number of hydrogen-bond acceptors (Lipinski definition) is 1. The van der Waals surface area contributed by atoms with Crippen LogP contribution in [-0.4, -0.2) is 16.5 Å². The van der Waals surface area contributed by atoms with Gasteiger partial charge in [-0.15, -0.1) is 0 Å². The van der Waals surface area contributed by atoms with Crippen molar-refractivity contribution in [2.75, 3.05) is 6.23 Å². The second-order valence-corrected chi connectivity index (χ2v) is 3.39. The van der Waals surface area contributed by atoms with Crippen LogP contribution in [0.1, 0.15) is 18.9 Å². The first kappa shape index (κ1) is 10.1. The van der Waals surface area contributed by atoms with Crippen LogP contribution in [0.5, 0.6) is 5.75 Å². The molecule has 1 aromatic carbocycles. The molecule has 1 nitrogen and oxygen atoms in total. The van der Waals surface area contributed by atoms with E-state index in [0.717, 1.165) is 28.6 Å². The maximum atomic E-state index is 5.40. The topological polar surface area (TPSA) is 9.23 Å². The lowest BCUT2D eigenvalue weighted by atomic mass is 10.2. The molecule has 70 valence electrons. The van der Waals surface area contributed by atoms with Gasteiger partial charge in [0, 0.05) is 0 Å². The highest BCUT2D eigenvalue weighted by molar-refractivity contribution is 6.08. The molecule has 0 aromatic heterocycles. The van der Waals surface area contributed by atoms with Crippen molar-refractivity contribution in [3.8, 4) is 5.75 Å². The predicted octanol–water partition coefficient (Wildman–Crippen LogP) is 1.81. The van der Waals surface area contributed by atoms with E-state index in [9.17, 15) is 0 Å². The molecule has 0 unspecified atom stereocenters. The second-order valence-electron chi connectivity index (χ2n) is 2.81. The van der Waals surface area contributed by atoms with Crippen LogP contribution in [0.2, 0.25) is 0 Å². The summed E-state index contributed by atoms with van der Waals surface area (Å²) in [5.74, 6) is 0.976. The molecule has 0 radical (unpaired) electrons. The lowest BCUT2D eigenvalue weighted by molar-refractivity contribution is 0.387. The molecule has 0 atom stereocenters. The van der Waals surface area contributed by atoms with Crippen LogP contribution in [0.25, 0.3) is 6.08 Å². The molecule has 0 amide bonds. The monoisotopic (exact) mass is 192 g/mol. The summed E-state index contributed by atoms with van der Waals surface area (Å²) in [5, 5.41) is 0. The Morgan fingerprint density at radius 1 is 1.31 bits per heavy atom. The molecule has 0 N–H and O–H groups in total. The minimum Gasteiger partial charge on any atom is -0.498 e. The third-order valence-electron chi connectivity index (χ3n) is 1.74. The molecule has 0 saturated carbocycles. The Balaban J connectivity index is 2.64. The number of rotatable bonds is 4. The molecule has 0 heterocycles. The van der Waals surface area contributed by atoms with Crippen molar-refractivity contribution < 1.29 is 4.74 Å². The molecule has 0 fully saturated rings. The average Bonchev–Trinajstić information content (AvgIpc) is 2.17. The Bertz CT molecular complexity index is 264. The van der Waals surface area contributed by atoms with Crippen molar-refractivity contribution in [3.63, 3.8) is 0 Å². The Morgan fingerprint density at radius 3 is 2.54 bits per heavy atom. The fourth-order valence-corrected chi connectivity index (χ4v) is 1.43. The molecule has 2 heteroatoms. The van der Waals surface area contributed by atoms with E-state index in [2.05, 4.69) is 31.2 Å². The average molecular weight is 192 g/mol. The van der Waals surface area contributed by atoms with E-state index in [4.69, 9.17) is 4.74 Å². The highest BCUT2D eigenvalue weighted by Crippen LogP contribution is 2.12. The summed E-state index contributed by atoms with van der Waals surface area (Å²) in [6, 6.07) is 8.21. The van der Waals surface area contributed by atoms with Crippen LogP contribution in [0, 0.1) is 0 Å². The normalized spacial score (nSPS) is 10.8. The first-order valence-electron chi connectivity index (χ1n) is 4.76. The number of hydrogen-bond donors (Lipinski definition) is 0. The molecule has 0 aliphatic carbocycles. The van der Waals surface area contributed by atoms with Crippen molar-refractivity contribution in [2.45, 2.75) is 13.3 Å². The number of benzene rings is 1. The van der Waals surface area contributed by atoms with Crippen LogP contribution >= 0.6 is 0 Å². The zero-order chi connectivity index (χ0) is 9.52. The van der Waals surface area contributed by atoms with Crippen molar-refractivity contribution in [1.82, 2.24) is 0 Å². The minimum absolute atomic E-state index is 0.865. The van der Waals surface area contributed by atoms with Gasteiger partial charge < -0.3 is 4.74 Å². The van der Waals surface area contributed by atoms with E-state index in [0.29, 0.717) is 0 Å². The van der Waals surface area contributed by atoms with Gasteiger partial charge in [-0.3, -0.25) is 0 Å². The minimum atomic E-state index is 0.865. The summed E-state index contributed by atoms with van der Waals surface area (Å²) in [7, 11) is 1.09. The molecule has 0 saturated heterocycles. The molecule has 0 bridgehead atoms. The Hall–Kier alpha value is -1.02. The number of allylic oxidation sites excluding steroid dienone is 1. The highest BCUT2D eigenvalue weighted by Gasteiger charge is 1.90. The summed E-state index contributed by atoms with van der Waals surface area (Å²) in [5.41, 5.74) is 1.24. The van der Waals surface area contributed by atoms with Crippen molar-refractivity contribution >= 4 is 16.3 Å². The van der Waals surface area contributed by atoms with Crippen molar-refractivity contribution in [3.05, 3.63) is 35.9 Å². The molecule has 0 aliphatic heterocycles. The van der Waals surface area contributed by atoms with E-state index in [1.54, 1.807) is 0 Å². The largest absolute Gasteiger partial charge is 0.498 e. The van der Waals surface area contributed by atoms with Gasteiger partial charge in [0.1, 0.15) is 5.75 Å². The predicted molar refractivity (Wildman–Crippen MR) is 61.2 cm³/mol.